The molecular weight excluding hydrogens is 312 g/mol. The molecule has 22 heavy (non-hydrogen) atoms. The number of hydrogen-bond donors (Lipinski definition) is 0. The van der Waals surface area contributed by atoms with Crippen LogP contribution in [0.4, 0.5) is 0 Å². The standard InChI is InChI=1S/C16H34O4Si2/c1-5-17-15(18-6-2)21-13-11-9-10-12-14-22-16(19-7-3)20-8-4/h15-16H,5-14H2,1-4H3. The zero-order valence-electron chi connectivity index (χ0n) is 14.9. The molecule has 0 fully saturated rings. The first kappa shape index (κ1) is 22.3. The van der Waals surface area contributed by atoms with Crippen LogP contribution in [0, 0.1) is 0 Å². The van der Waals surface area contributed by atoms with Crippen LogP contribution in [0.2, 0.25) is 12.1 Å². The molecule has 0 heterocycles. The third-order valence-corrected chi connectivity index (χ3v) is 5.62. The Hall–Kier alpha value is 0.274. The van der Waals surface area contributed by atoms with Crippen molar-refractivity contribution in [1.82, 2.24) is 0 Å². The monoisotopic (exact) mass is 346 g/mol. The van der Waals surface area contributed by atoms with Gasteiger partial charge in [-0.2, -0.15) is 0 Å². The molecule has 0 saturated heterocycles. The summed E-state index contributed by atoms with van der Waals surface area (Å²) in [4.78, 5) is 0. The van der Waals surface area contributed by atoms with Gasteiger partial charge in [-0.15, -0.1) is 0 Å². The minimum Gasteiger partial charge on any atom is -0.357 e. The van der Waals surface area contributed by atoms with E-state index in [-0.39, 0.29) is 11.8 Å². The van der Waals surface area contributed by atoms with Crippen LogP contribution in [0.1, 0.15) is 53.4 Å². The molecule has 0 rings (SSSR count). The van der Waals surface area contributed by atoms with Gasteiger partial charge in [0.05, 0.1) is 0 Å². The lowest BCUT2D eigenvalue weighted by molar-refractivity contribution is -0.0830. The highest BCUT2D eigenvalue weighted by molar-refractivity contribution is 6.36. The fourth-order valence-electron chi connectivity index (χ4n) is 1.98. The van der Waals surface area contributed by atoms with Crippen molar-refractivity contribution in [3.8, 4) is 0 Å². The van der Waals surface area contributed by atoms with Gasteiger partial charge in [0, 0.05) is 26.4 Å². The van der Waals surface area contributed by atoms with Gasteiger partial charge >= 0.3 is 0 Å². The molecule has 0 amide bonds. The Bertz CT molecular complexity index is 186. The smallest absolute Gasteiger partial charge is 0.137 e. The molecule has 130 valence electrons. The Morgan fingerprint density at radius 3 is 1.14 bits per heavy atom. The molecule has 0 aromatic heterocycles. The molecule has 0 atom stereocenters. The van der Waals surface area contributed by atoms with Crippen molar-refractivity contribution in [3.05, 3.63) is 0 Å². The molecule has 0 aromatic rings. The fraction of sp³-hybridized carbons (Fsp3) is 1.00. The predicted molar refractivity (Wildman–Crippen MR) is 93.7 cm³/mol. The van der Waals surface area contributed by atoms with Crippen LogP contribution in [-0.2, 0) is 18.9 Å². The Morgan fingerprint density at radius 1 is 0.545 bits per heavy atom. The van der Waals surface area contributed by atoms with Crippen molar-refractivity contribution in [3.63, 3.8) is 0 Å². The zero-order valence-corrected chi connectivity index (χ0v) is 16.9. The van der Waals surface area contributed by atoms with Gasteiger partial charge in [0.1, 0.15) is 30.9 Å². The number of unbranched alkanes of at least 4 members (excludes halogenated alkanes) is 3. The van der Waals surface area contributed by atoms with Gasteiger partial charge in [0.2, 0.25) is 0 Å². The van der Waals surface area contributed by atoms with E-state index in [2.05, 4.69) is 0 Å². The molecule has 4 nitrogen and oxygen atoms in total. The van der Waals surface area contributed by atoms with Crippen LogP contribution in [0.5, 0.6) is 0 Å². The average molecular weight is 347 g/mol. The lowest BCUT2D eigenvalue weighted by atomic mass is 10.2. The summed E-state index contributed by atoms with van der Waals surface area (Å²) >= 11 is 0. The highest BCUT2D eigenvalue weighted by Gasteiger charge is 2.09. The van der Waals surface area contributed by atoms with Gasteiger partial charge < -0.3 is 18.9 Å². The van der Waals surface area contributed by atoms with Crippen molar-refractivity contribution in [1.29, 1.82) is 0 Å². The fourth-order valence-corrected chi connectivity index (χ4v) is 4.50. The van der Waals surface area contributed by atoms with E-state index in [0.717, 1.165) is 45.5 Å². The van der Waals surface area contributed by atoms with E-state index in [1.54, 1.807) is 0 Å². The van der Waals surface area contributed by atoms with Crippen molar-refractivity contribution < 1.29 is 18.9 Å². The van der Waals surface area contributed by atoms with Crippen LogP contribution in [-0.4, -0.2) is 57.3 Å². The molecule has 0 bridgehead atoms. The van der Waals surface area contributed by atoms with Crippen molar-refractivity contribution in [2.24, 2.45) is 0 Å². The van der Waals surface area contributed by atoms with Crippen LogP contribution in [0.25, 0.3) is 0 Å². The van der Waals surface area contributed by atoms with Crippen LogP contribution < -0.4 is 0 Å². The maximum absolute atomic E-state index is 5.56. The first-order valence-electron chi connectivity index (χ1n) is 8.71. The summed E-state index contributed by atoms with van der Waals surface area (Å²) in [6.45, 7) is 11.0. The quantitative estimate of drug-likeness (QED) is 0.229. The van der Waals surface area contributed by atoms with Crippen LogP contribution in [0.3, 0.4) is 0 Å². The first-order valence-corrected chi connectivity index (χ1v) is 11.3. The van der Waals surface area contributed by atoms with E-state index in [1.807, 2.05) is 27.7 Å². The largest absolute Gasteiger partial charge is 0.357 e. The second-order valence-corrected chi connectivity index (χ2v) is 7.57. The summed E-state index contributed by atoms with van der Waals surface area (Å²) in [5, 5.41) is 0. The molecule has 0 spiro atoms. The highest BCUT2D eigenvalue weighted by atomic mass is 28.2. The average Bonchev–Trinajstić information content (AvgIpc) is 2.50. The normalized spacial score (nSPS) is 11.7. The van der Waals surface area contributed by atoms with Crippen molar-refractivity contribution in [2.75, 3.05) is 26.4 Å². The molecule has 0 N–H and O–H groups in total. The number of ether oxygens (including phenoxy) is 4. The molecule has 0 saturated carbocycles. The summed E-state index contributed by atoms with van der Waals surface area (Å²) in [7, 11) is 1.52. The second kappa shape index (κ2) is 17.6. The molecule has 0 aromatic carbocycles. The maximum Gasteiger partial charge on any atom is 0.137 e. The van der Waals surface area contributed by atoms with E-state index in [1.165, 1.54) is 37.8 Å². The molecule has 0 aliphatic carbocycles. The zero-order chi connectivity index (χ0) is 16.5. The second-order valence-electron chi connectivity index (χ2n) is 4.81. The molecule has 0 unspecified atom stereocenters. The summed E-state index contributed by atoms with van der Waals surface area (Å²) in [6.07, 6.45) is 5.16. The van der Waals surface area contributed by atoms with E-state index in [4.69, 9.17) is 18.9 Å². The van der Waals surface area contributed by atoms with Crippen LogP contribution in [0.15, 0.2) is 0 Å². The first-order chi connectivity index (χ1) is 10.8. The van der Waals surface area contributed by atoms with Gasteiger partial charge in [-0.3, -0.25) is 0 Å². The van der Waals surface area contributed by atoms with E-state index < -0.39 is 0 Å². The van der Waals surface area contributed by atoms with Gasteiger partial charge in [-0.05, 0) is 27.7 Å². The van der Waals surface area contributed by atoms with E-state index in [0.29, 0.717) is 0 Å². The number of hydrogen-bond acceptors (Lipinski definition) is 4. The Morgan fingerprint density at radius 2 is 0.864 bits per heavy atom. The van der Waals surface area contributed by atoms with Gasteiger partial charge in [-0.25, -0.2) is 0 Å². The third-order valence-electron chi connectivity index (χ3n) is 3.00. The summed E-state index contributed by atoms with van der Waals surface area (Å²) in [5.41, 5.74) is 0. The summed E-state index contributed by atoms with van der Waals surface area (Å²) in [6, 6.07) is 2.43. The molecule has 0 aliphatic rings. The van der Waals surface area contributed by atoms with Crippen molar-refractivity contribution >= 4 is 19.0 Å². The lowest BCUT2D eigenvalue weighted by Crippen LogP contribution is -2.24. The minimum absolute atomic E-state index is 0.0228. The Kier molecular flexibility index (Phi) is 17.8. The van der Waals surface area contributed by atoms with E-state index in [9.17, 15) is 0 Å². The molecular formula is C16H34O4Si2. The maximum atomic E-state index is 5.56. The molecule has 4 radical (unpaired) electrons. The topological polar surface area (TPSA) is 36.9 Å². The predicted octanol–water partition coefficient (Wildman–Crippen LogP) is 3.51. The Labute approximate surface area is 142 Å². The summed E-state index contributed by atoms with van der Waals surface area (Å²) < 4.78 is 22.3. The minimum atomic E-state index is 0.0228. The third kappa shape index (κ3) is 13.9. The van der Waals surface area contributed by atoms with Crippen LogP contribution >= 0.6 is 0 Å². The van der Waals surface area contributed by atoms with Crippen molar-refractivity contribution in [2.45, 2.75) is 77.3 Å². The Balaban J connectivity index is 3.44. The van der Waals surface area contributed by atoms with Gasteiger partial charge in [0.25, 0.3) is 0 Å². The lowest BCUT2D eigenvalue weighted by Gasteiger charge is -2.16. The molecule has 6 heteroatoms. The highest BCUT2D eigenvalue weighted by Crippen LogP contribution is 2.09. The van der Waals surface area contributed by atoms with Gasteiger partial charge in [0.15, 0.2) is 0 Å². The SMILES string of the molecule is CCOC(OCC)[Si]CCCCCC[Si]C(OCC)OCC. The number of rotatable bonds is 17. The molecule has 0 aliphatic heterocycles. The van der Waals surface area contributed by atoms with E-state index >= 15 is 0 Å². The van der Waals surface area contributed by atoms with Gasteiger partial charge in [-0.1, -0.05) is 37.8 Å². The summed E-state index contributed by atoms with van der Waals surface area (Å²) in [5.74, 6) is 0.0456.